The summed E-state index contributed by atoms with van der Waals surface area (Å²) in [6.45, 7) is 2.61. The van der Waals surface area contributed by atoms with E-state index in [4.69, 9.17) is 4.52 Å². The molecule has 1 aliphatic rings. The molecule has 0 unspecified atom stereocenters. The number of amides is 1. The minimum atomic E-state index is -3.00. The molecular formula is C17H20FN3O4S. The van der Waals surface area contributed by atoms with Gasteiger partial charge in [0.25, 0.3) is 5.91 Å². The zero-order valence-electron chi connectivity index (χ0n) is 14.4. The molecule has 3 rings (SSSR count). The van der Waals surface area contributed by atoms with Gasteiger partial charge in [-0.25, -0.2) is 12.8 Å². The third kappa shape index (κ3) is 4.47. The number of hydrogen-bond donors (Lipinski definition) is 0. The molecule has 0 atom stereocenters. The Balaban J connectivity index is 1.60. The van der Waals surface area contributed by atoms with Crippen LogP contribution >= 0.6 is 0 Å². The van der Waals surface area contributed by atoms with Crippen molar-refractivity contribution in [1.29, 1.82) is 0 Å². The standard InChI is InChI=1S/C17H20FN3O4S/c1-26(23,24)11-10-20-6-8-21(9-7-20)17(22)15-12-16(25-19-15)13-4-2-3-5-14(13)18/h2-5,12H,6-11H2,1H3. The van der Waals surface area contributed by atoms with Crippen LogP contribution in [-0.2, 0) is 9.84 Å². The van der Waals surface area contributed by atoms with Crippen LogP contribution in [0.4, 0.5) is 4.39 Å². The summed E-state index contributed by atoms with van der Waals surface area (Å²) in [5.74, 6) is -0.407. The highest BCUT2D eigenvalue weighted by Crippen LogP contribution is 2.23. The fourth-order valence-corrected chi connectivity index (χ4v) is 3.39. The number of hydrogen-bond acceptors (Lipinski definition) is 6. The Labute approximate surface area is 151 Å². The first-order valence-electron chi connectivity index (χ1n) is 8.24. The largest absolute Gasteiger partial charge is 0.355 e. The molecule has 0 saturated carbocycles. The van der Waals surface area contributed by atoms with Crippen LogP contribution in [0.2, 0.25) is 0 Å². The number of carbonyl (C=O) groups excluding carboxylic acids is 1. The molecule has 1 aromatic heterocycles. The van der Waals surface area contributed by atoms with Crippen molar-refractivity contribution in [2.45, 2.75) is 0 Å². The Morgan fingerprint density at radius 3 is 2.58 bits per heavy atom. The lowest BCUT2D eigenvalue weighted by Crippen LogP contribution is -2.49. The number of piperazine rings is 1. The molecule has 1 aliphatic heterocycles. The number of aromatic nitrogens is 1. The van der Waals surface area contributed by atoms with Gasteiger partial charge in [0.05, 0.1) is 11.3 Å². The van der Waals surface area contributed by atoms with E-state index in [1.807, 2.05) is 4.90 Å². The van der Waals surface area contributed by atoms with Gasteiger partial charge in [-0.2, -0.15) is 0 Å². The summed E-state index contributed by atoms with van der Waals surface area (Å²) >= 11 is 0. The second-order valence-corrected chi connectivity index (χ2v) is 8.58. The van der Waals surface area contributed by atoms with Crippen LogP contribution in [0.15, 0.2) is 34.9 Å². The number of carbonyl (C=O) groups is 1. The molecule has 9 heteroatoms. The normalized spacial score (nSPS) is 16.0. The third-order valence-electron chi connectivity index (χ3n) is 4.31. The first kappa shape index (κ1) is 18.5. The molecule has 26 heavy (non-hydrogen) atoms. The van der Waals surface area contributed by atoms with Crippen molar-refractivity contribution in [3.8, 4) is 11.3 Å². The van der Waals surface area contributed by atoms with Crippen molar-refractivity contribution in [3.05, 3.63) is 41.8 Å². The molecule has 7 nitrogen and oxygen atoms in total. The number of nitrogens with zero attached hydrogens (tertiary/aromatic N) is 3. The Hall–Kier alpha value is -2.26. The summed E-state index contributed by atoms with van der Waals surface area (Å²) in [7, 11) is -3.00. The molecule has 0 spiro atoms. The Morgan fingerprint density at radius 2 is 1.92 bits per heavy atom. The molecule has 1 aromatic carbocycles. The summed E-state index contributed by atoms with van der Waals surface area (Å²) in [6.07, 6.45) is 1.21. The van der Waals surface area contributed by atoms with E-state index in [1.165, 1.54) is 18.4 Å². The highest BCUT2D eigenvalue weighted by atomic mass is 32.2. The summed E-state index contributed by atoms with van der Waals surface area (Å²) in [5.41, 5.74) is 0.387. The number of sulfone groups is 1. The van der Waals surface area contributed by atoms with Crippen LogP contribution in [0.25, 0.3) is 11.3 Å². The predicted octanol–water partition coefficient (Wildman–Crippen LogP) is 1.28. The molecule has 0 bridgehead atoms. The molecule has 1 amide bonds. The number of halogens is 1. The lowest BCUT2D eigenvalue weighted by Gasteiger charge is -2.34. The Kier molecular flexibility index (Phi) is 5.38. The first-order chi connectivity index (χ1) is 12.3. The highest BCUT2D eigenvalue weighted by molar-refractivity contribution is 7.90. The van der Waals surface area contributed by atoms with Gasteiger partial charge in [-0.15, -0.1) is 0 Å². The summed E-state index contributed by atoms with van der Waals surface area (Å²) in [6, 6.07) is 7.57. The fraction of sp³-hybridized carbons (Fsp3) is 0.412. The van der Waals surface area contributed by atoms with E-state index >= 15 is 0 Å². The molecule has 1 fully saturated rings. The van der Waals surface area contributed by atoms with Crippen molar-refractivity contribution in [3.63, 3.8) is 0 Å². The van der Waals surface area contributed by atoms with Gasteiger partial charge >= 0.3 is 0 Å². The number of benzene rings is 1. The minimum absolute atomic E-state index is 0.107. The summed E-state index contributed by atoms with van der Waals surface area (Å²) in [5, 5.41) is 3.77. The Bertz CT molecular complexity index is 889. The van der Waals surface area contributed by atoms with E-state index in [0.29, 0.717) is 32.7 Å². The average molecular weight is 381 g/mol. The van der Waals surface area contributed by atoms with E-state index in [-0.39, 0.29) is 28.7 Å². The molecule has 140 valence electrons. The van der Waals surface area contributed by atoms with Crippen molar-refractivity contribution < 1.29 is 22.1 Å². The lowest BCUT2D eigenvalue weighted by atomic mass is 10.1. The topological polar surface area (TPSA) is 83.7 Å². The Morgan fingerprint density at radius 1 is 1.23 bits per heavy atom. The molecule has 0 aliphatic carbocycles. The first-order valence-corrected chi connectivity index (χ1v) is 10.3. The van der Waals surface area contributed by atoms with Crippen LogP contribution in [0, 0.1) is 5.82 Å². The van der Waals surface area contributed by atoms with Crippen molar-refractivity contribution in [2.75, 3.05) is 44.7 Å². The van der Waals surface area contributed by atoms with Crippen molar-refractivity contribution >= 4 is 15.7 Å². The van der Waals surface area contributed by atoms with Gasteiger partial charge in [-0.05, 0) is 12.1 Å². The smallest absolute Gasteiger partial charge is 0.276 e. The maximum atomic E-state index is 13.8. The third-order valence-corrected chi connectivity index (χ3v) is 5.23. The lowest BCUT2D eigenvalue weighted by molar-refractivity contribution is 0.0634. The maximum Gasteiger partial charge on any atom is 0.276 e. The van der Waals surface area contributed by atoms with Gasteiger partial charge in [0.1, 0.15) is 15.7 Å². The van der Waals surface area contributed by atoms with Crippen molar-refractivity contribution in [2.24, 2.45) is 0 Å². The molecule has 2 aromatic rings. The summed E-state index contributed by atoms with van der Waals surface area (Å²) < 4.78 is 41.4. The molecule has 2 heterocycles. The fourth-order valence-electron chi connectivity index (χ4n) is 2.80. The molecule has 0 radical (unpaired) electrons. The zero-order chi connectivity index (χ0) is 18.7. The highest BCUT2D eigenvalue weighted by Gasteiger charge is 2.25. The average Bonchev–Trinajstić information content (AvgIpc) is 3.09. The van der Waals surface area contributed by atoms with Crippen LogP contribution in [-0.4, -0.2) is 74.0 Å². The van der Waals surface area contributed by atoms with Gasteiger partial charge in [-0.3, -0.25) is 9.69 Å². The van der Waals surface area contributed by atoms with Gasteiger partial charge < -0.3 is 9.42 Å². The summed E-state index contributed by atoms with van der Waals surface area (Å²) in [4.78, 5) is 16.2. The monoisotopic (exact) mass is 381 g/mol. The maximum absolute atomic E-state index is 13.8. The minimum Gasteiger partial charge on any atom is -0.355 e. The van der Waals surface area contributed by atoms with E-state index in [2.05, 4.69) is 5.16 Å². The molecule has 0 N–H and O–H groups in total. The van der Waals surface area contributed by atoms with Crippen LogP contribution < -0.4 is 0 Å². The van der Waals surface area contributed by atoms with E-state index in [1.54, 1.807) is 23.1 Å². The second kappa shape index (κ2) is 7.55. The van der Waals surface area contributed by atoms with Gasteiger partial charge in [0.2, 0.25) is 0 Å². The van der Waals surface area contributed by atoms with Gasteiger partial charge in [0.15, 0.2) is 11.5 Å². The van der Waals surface area contributed by atoms with Crippen LogP contribution in [0.5, 0.6) is 0 Å². The van der Waals surface area contributed by atoms with Crippen LogP contribution in [0.3, 0.4) is 0 Å². The molecular weight excluding hydrogens is 361 g/mol. The van der Waals surface area contributed by atoms with Gasteiger partial charge in [-0.1, -0.05) is 17.3 Å². The quantitative estimate of drug-likeness (QED) is 0.776. The van der Waals surface area contributed by atoms with Crippen molar-refractivity contribution in [1.82, 2.24) is 15.0 Å². The van der Waals surface area contributed by atoms with E-state index in [0.717, 1.165) is 0 Å². The molecule has 1 saturated heterocycles. The second-order valence-electron chi connectivity index (χ2n) is 6.32. The van der Waals surface area contributed by atoms with Crippen LogP contribution in [0.1, 0.15) is 10.5 Å². The SMILES string of the molecule is CS(=O)(=O)CCN1CCN(C(=O)c2cc(-c3ccccc3F)on2)CC1. The number of rotatable bonds is 5. The van der Waals surface area contributed by atoms with Gasteiger partial charge in [0, 0.05) is 45.0 Å². The van der Waals surface area contributed by atoms with E-state index < -0.39 is 15.7 Å². The van der Waals surface area contributed by atoms with E-state index in [9.17, 15) is 17.6 Å². The zero-order valence-corrected chi connectivity index (χ0v) is 15.2. The predicted molar refractivity (Wildman–Crippen MR) is 94.0 cm³/mol.